The first-order chi connectivity index (χ1) is 16.4. The topological polar surface area (TPSA) is 94.3 Å². The van der Waals surface area contributed by atoms with Crippen LogP contribution in [-0.4, -0.2) is 52.8 Å². The molecule has 5 rings (SSSR count). The lowest BCUT2D eigenvalue weighted by molar-refractivity contribution is -0.127. The van der Waals surface area contributed by atoms with Crippen LogP contribution < -0.4 is 10.6 Å². The van der Waals surface area contributed by atoms with Crippen molar-refractivity contribution < 1.29 is 14.4 Å². The van der Waals surface area contributed by atoms with Crippen LogP contribution in [0.1, 0.15) is 42.6 Å². The van der Waals surface area contributed by atoms with Gasteiger partial charge in [0.25, 0.3) is 5.91 Å². The summed E-state index contributed by atoms with van der Waals surface area (Å²) in [6.07, 6.45) is 9.72. The molecule has 0 spiro atoms. The number of H-pyrrole nitrogens is 1. The molecule has 3 aliphatic rings. The van der Waals surface area contributed by atoms with E-state index in [1.807, 2.05) is 0 Å². The van der Waals surface area contributed by atoms with Crippen LogP contribution in [0.3, 0.4) is 0 Å². The standard InChI is InChI=1S/C25H26Cl2N4O3/c1-2-15(10-13-8-9-28-23(13)32)29-24(33)22-16-5-3-4-14(16)12-31(22)25(34)20-11-17-18(26)6-7-19(27)21(17)30-20/h1,6-7,11,13-16,22,30H,3-5,8-10,12H2,(H,28,32)(H,29,33)/t13-,14-,15?,16-,22-/m0/s1. The van der Waals surface area contributed by atoms with Crippen LogP contribution in [-0.2, 0) is 9.59 Å². The van der Waals surface area contributed by atoms with Crippen molar-refractivity contribution in [3.8, 4) is 12.3 Å². The second kappa shape index (κ2) is 9.16. The predicted molar refractivity (Wildman–Crippen MR) is 130 cm³/mol. The highest BCUT2D eigenvalue weighted by Crippen LogP contribution is 2.43. The summed E-state index contributed by atoms with van der Waals surface area (Å²) < 4.78 is 0. The average Bonchev–Trinajstić information content (AvgIpc) is 3.59. The van der Waals surface area contributed by atoms with Gasteiger partial charge in [-0.2, -0.15) is 0 Å². The van der Waals surface area contributed by atoms with Crippen molar-refractivity contribution in [3.63, 3.8) is 0 Å². The van der Waals surface area contributed by atoms with Crippen molar-refractivity contribution in [2.45, 2.75) is 44.2 Å². The Kier molecular flexibility index (Phi) is 6.22. The zero-order valence-corrected chi connectivity index (χ0v) is 20.1. The lowest BCUT2D eigenvalue weighted by Gasteiger charge is -2.28. The number of carbonyl (C=O) groups excluding carboxylic acids is 3. The number of nitrogens with zero attached hydrogens (tertiary/aromatic N) is 1. The highest BCUT2D eigenvalue weighted by Gasteiger charge is 2.50. The monoisotopic (exact) mass is 500 g/mol. The molecule has 0 bridgehead atoms. The molecule has 3 heterocycles. The van der Waals surface area contributed by atoms with Crippen molar-refractivity contribution >= 4 is 51.8 Å². The summed E-state index contributed by atoms with van der Waals surface area (Å²) in [4.78, 5) is 43.8. The van der Waals surface area contributed by atoms with Crippen molar-refractivity contribution in [2.75, 3.05) is 13.1 Å². The van der Waals surface area contributed by atoms with Crippen LogP contribution in [0.5, 0.6) is 0 Å². The van der Waals surface area contributed by atoms with E-state index in [1.165, 1.54) is 0 Å². The normalized spacial score (nSPS) is 26.9. The van der Waals surface area contributed by atoms with Crippen LogP contribution in [0.4, 0.5) is 0 Å². The van der Waals surface area contributed by atoms with E-state index in [0.717, 1.165) is 19.3 Å². The van der Waals surface area contributed by atoms with Crippen molar-refractivity contribution in [2.24, 2.45) is 17.8 Å². The van der Waals surface area contributed by atoms with Gasteiger partial charge in [0.2, 0.25) is 11.8 Å². The van der Waals surface area contributed by atoms with E-state index in [4.69, 9.17) is 29.6 Å². The lowest BCUT2D eigenvalue weighted by atomic mass is 9.92. The summed E-state index contributed by atoms with van der Waals surface area (Å²) in [7, 11) is 0. The Hall–Kier alpha value is -2.69. The van der Waals surface area contributed by atoms with Gasteiger partial charge in [-0.15, -0.1) is 6.42 Å². The molecule has 2 saturated heterocycles. The third-order valence-corrected chi connectivity index (χ3v) is 8.19. The quantitative estimate of drug-likeness (QED) is 0.549. The van der Waals surface area contributed by atoms with Gasteiger partial charge in [-0.3, -0.25) is 14.4 Å². The fourth-order valence-electron chi connectivity index (χ4n) is 5.85. The molecule has 5 atom stereocenters. The molecular formula is C25H26Cl2N4O3. The van der Waals surface area contributed by atoms with Crippen LogP contribution >= 0.6 is 23.2 Å². The number of hydrogen-bond acceptors (Lipinski definition) is 3. The second-order valence-electron chi connectivity index (χ2n) is 9.50. The molecular weight excluding hydrogens is 475 g/mol. The van der Waals surface area contributed by atoms with E-state index in [-0.39, 0.29) is 35.5 Å². The van der Waals surface area contributed by atoms with Gasteiger partial charge in [-0.25, -0.2) is 0 Å². The minimum Gasteiger partial charge on any atom is -0.356 e. The number of nitrogens with one attached hydrogen (secondary N) is 3. The maximum Gasteiger partial charge on any atom is 0.271 e. The van der Waals surface area contributed by atoms with E-state index >= 15 is 0 Å². The average molecular weight is 501 g/mol. The number of likely N-dealkylation sites (tertiary alicyclic amines) is 1. The summed E-state index contributed by atoms with van der Waals surface area (Å²) in [5.74, 6) is 2.24. The number of carbonyl (C=O) groups is 3. The molecule has 34 heavy (non-hydrogen) atoms. The van der Waals surface area contributed by atoms with Gasteiger partial charge >= 0.3 is 0 Å². The molecule has 1 unspecified atom stereocenters. The summed E-state index contributed by atoms with van der Waals surface area (Å²) in [5, 5.41) is 7.38. The predicted octanol–water partition coefficient (Wildman–Crippen LogP) is 3.36. The summed E-state index contributed by atoms with van der Waals surface area (Å²) >= 11 is 12.6. The minimum atomic E-state index is -0.606. The fraction of sp³-hybridized carbons (Fsp3) is 0.480. The highest BCUT2D eigenvalue weighted by molar-refractivity contribution is 6.40. The van der Waals surface area contributed by atoms with Crippen LogP contribution in [0.15, 0.2) is 18.2 Å². The summed E-state index contributed by atoms with van der Waals surface area (Å²) in [6, 6.07) is 3.89. The minimum absolute atomic E-state index is 0.0286. The van der Waals surface area contributed by atoms with Crippen molar-refractivity contribution in [3.05, 3.63) is 33.9 Å². The third-order valence-electron chi connectivity index (χ3n) is 7.54. The summed E-state index contributed by atoms with van der Waals surface area (Å²) in [5.41, 5.74) is 0.944. The maximum absolute atomic E-state index is 13.6. The van der Waals surface area contributed by atoms with Gasteiger partial charge in [-0.1, -0.05) is 35.5 Å². The first-order valence-electron chi connectivity index (χ1n) is 11.7. The molecule has 9 heteroatoms. The molecule has 1 aromatic heterocycles. The Morgan fingerprint density at radius 3 is 2.74 bits per heavy atom. The number of rotatable bonds is 5. The highest BCUT2D eigenvalue weighted by atomic mass is 35.5. The Labute approximate surface area is 207 Å². The zero-order chi connectivity index (χ0) is 24.0. The van der Waals surface area contributed by atoms with Gasteiger partial charge in [0.05, 0.1) is 21.6 Å². The molecule has 1 saturated carbocycles. The smallest absolute Gasteiger partial charge is 0.271 e. The van der Waals surface area contributed by atoms with E-state index in [2.05, 4.69) is 21.5 Å². The fourth-order valence-corrected chi connectivity index (χ4v) is 6.28. The Balaban J connectivity index is 1.38. The number of aromatic amines is 1. The molecule has 1 aliphatic carbocycles. The number of hydrogen-bond donors (Lipinski definition) is 3. The Morgan fingerprint density at radius 1 is 1.24 bits per heavy atom. The Morgan fingerprint density at radius 2 is 2.03 bits per heavy atom. The SMILES string of the molecule is C#CC(C[C@@H]1CCNC1=O)NC(=O)[C@@H]1[C@H]2CCC[C@H]2CN1C(=O)c1cc2c(Cl)ccc(Cl)c2[nH]1. The third kappa shape index (κ3) is 4.03. The van der Waals surface area contributed by atoms with Crippen molar-refractivity contribution in [1.82, 2.24) is 20.5 Å². The van der Waals surface area contributed by atoms with Crippen LogP contribution in [0.25, 0.3) is 10.9 Å². The molecule has 0 radical (unpaired) electrons. The molecule has 7 nitrogen and oxygen atoms in total. The number of benzene rings is 1. The number of fused-ring (bicyclic) bond motifs is 2. The number of halogens is 2. The maximum atomic E-state index is 13.6. The van der Waals surface area contributed by atoms with Crippen LogP contribution in [0, 0.1) is 30.1 Å². The number of aromatic nitrogens is 1. The molecule has 3 N–H and O–H groups in total. The number of amides is 3. The van der Waals surface area contributed by atoms with E-state index in [9.17, 15) is 14.4 Å². The lowest BCUT2D eigenvalue weighted by Crippen LogP contribution is -2.51. The van der Waals surface area contributed by atoms with Crippen LogP contribution in [0.2, 0.25) is 10.0 Å². The number of terminal acetylenes is 1. The first-order valence-corrected chi connectivity index (χ1v) is 12.4. The van der Waals surface area contributed by atoms with Gasteiger partial charge in [0.15, 0.2) is 0 Å². The van der Waals surface area contributed by atoms with Gasteiger partial charge < -0.3 is 20.5 Å². The zero-order valence-electron chi connectivity index (χ0n) is 18.6. The largest absolute Gasteiger partial charge is 0.356 e. The van der Waals surface area contributed by atoms with Gasteiger partial charge in [0.1, 0.15) is 11.7 Å². The Bertz CT molecular complexity index is 1160. The molecule has 178 valence electrons. The molecule has 1 aromatic carbocycles. The van der Waals surface area contributed by atoms with Gasteiger partial charge in [0, 0.05) is 24.4 Å². The first kappa shape index (κ1) is 23.1. The second-order valence-corrected chi connectivity index (χ2v) is 10.3. The van der Waals surface area contributed by atoms with E-state index in [1.54, 1.807) is 23.1 Å². The van der Waals surface area contributed by atoms with Crippen molar-refractivity contribution in [1.29, 1.82) is 0 Å². The molecule has 3 fully saturated rings. The molecule has 2 aliphatic heterocycles. The van der Waals surface area contributed by atoms with E-state index in [0.29, 0.717) is 52.6 Å². The molecule has 3 amide bonds. The molecule has 2 aromatic rings. The summed E-state index contributed by atoms with van der Waals surface area (Å²) in [6.45, 7) is 1.14. The van der Waals surface area contributed by atoms with Gasteiger partial charge in [-0.05, 0) is 55.7 Å². The van der Waals surface area contributed by atoms with E-state index < -0.39 is 12.1 Å².